The van der Waals surface area contributed by atoms with Gasteiger partial charge in [-0.3, -0.25) is 9.48 Å². The molecule has 0 aliphatic carbocycles. The molecule has 0 saturated carbocycles. The lowest BCUT2D eigenvalue weighted by molar-refractivity contribution is -0.127. The Morgan fingerprint density at radius 2 is 2.05 bits per heavy atom. The van der Waals surface area contributed by atoms with Gasteiger partial charge in [-0.2, -0.15) is 5.10 Å². The summed E-state index contributed by atoms with van der Waals surface area (Å²) in [5.41, 5.74) is 2.25. The molecule has 1 amide bonds. The maximum Gasteiger partial charge on any atom is 0.241 e. The van der Waals surface area contributed by atoms with E-state index in [1.807, 2.05) is 30.6 Å². The fraction of sp³-hybridized carbons (Fsp3) is 0.733. The molecule has 0 unspecified atom stereocenters. The van der Waals surface area contributed by atoms with Crippen molar-refractivity contribution in [2.24, 2.45) is 7.05 Å². The van der Waals surface area contributed by atoms with Gasteiger partial charge in [0.25, 0.3) is 0 Å². The van der Waals surface area contributed by atoms with E-state index in [9.17, 15) is 4.79 Å². The van der Waals surface area contributed by atoms with Crippen molar-refractivity contribution in [3.05, 3.63) is 11.3 Å². The Morgan fingerprint density at radius 1 is 1.29 bits per heavy atom. The Kier molecular flexibility index (Phi) is 5.22. The van der Waals surface area contributed by atoms with Crippen LogP contribution in [-0.2, 0) is 18.4 Å². The molecule has 2 heterocycles. The molecule has 1 fully saturated rings. The van der Waals surface area contributed by atoms with Gasteiger partial charge in [-0.05, 0) is 26.3 Å². The molecule has 6 heteroatoms. The number of hydrogen-bond donors (Lipinski definition) is 1. The number of carbonyl (C=O) groups excluding carboxylic acids is 1. The summed E-state index contributed by atoms with van der Waals surface area (Å²) < 4.78 is 1.91. The second-order valence-electron chi connectivity index (χ2n) is 5.78. The van der Waals surface area contributed by atoms with Crippen LogP contribution in [0.4, 0.5) is 5.82 Å². The topological polar surface area (TPSA) is 53.4 Å². The van der Waals surface area contributed by atoms with E-state index in [0.717, 1.165) is 50.5 Å². The number of aromatic nitrogens is 2. The number of nitrogens with one attached hydrogen (secondary N) is 1. The van der Waals surface area contributed by atoms with Crippen LogP contribution >= 0.6 is 0 Å². The van der Waals surface area contributed by atoms with Gasteiger partial charge in [0.1, 0.15) is 5.82 Å². The van der Waals surface area contributed by atoms with Gasteiger partial charge in [0, 0.05) is 39.3 Å². The number of amides is 1. The molecule has 1 aromatic heterocycles. The number of likely N-dealkylation sites (N-methyl/N-ethyl adjacent to an activating group) is 1. The average Bonchev–Trinajstić information content (AvgIpc) is 2.60. The molecule has 1 aliphatic rings. The second-order valence-corrected chi connectivity index (χ2v) is 5.78. The fourth-order valence-corrected chi connectivity index (χ4v) is 2.85. The summed E-state index contributed by atoms with van der Waals surface area (Å²) >= 11 is 0. The lowest BCUT2D eigenvalue weighted by Crippen LogP contribution is -2.35. The largest absolute Gasteiger partial charge is 0.347 e. The third-order valence-electron chi connectivity index (χ3n) is 4.01. The molecule has 0 aromatic carbocycles. The molecule has 6 nitrogen and oxygen atoms in total. The first-order valence-electron chi connectivity index (χ1n) is 7.76. The molecular formula is C15H27N5O. The number of nitrogens with zero attached hydrogens (tertiary/aromatic N) is 4. The lowest BCUT2D eigenvalue weighted by Gasteiger charge is -2.23. The first kappa shape index (κ1) is 15.8. The molecule has 0 radical (unpaired) electrons. The summed E-state index contributed by atoms with van der Waals surface area (Å²) in [5.74, 6) is 1.26. The molecule has 1 aliphatic heterocycles. The maximum absolute atomic E-state index is 12.1. The molecule has 0 spiro atoms. The van der Waals surface area contributed by atoms with Crippen molar-refractivity contribution in [3.63, 3.8) is 0 Å². The maximum atomic E-state index is 12.1. The van der Waals surface area contributed by atoms with Crippen LogP contribution in [-0.4, -0.2) is 53.8 Å². The van der Waals surface area contributed by atoms with Crippen molar-refractivity contribution in [1.82, 2.24) is 20.0 Å². The molecular weight excluding hydrogens is 266 g/mol. The second kappa shape index (κ2) is 6.93. The fourth-order valence-electron chi connectivity index (χ4n) is 2.85. The van der Waals surface area contributed by atoms with E-state index in [0.29, 0.717) is 6.54 Å². The highest BCUT2D eigenvalue weighted by Gasteiger charge is 2.24. The summed E-state index contributed by atoms with van der Waals surface area (Å²) in [6, 6.07) is 0. The van der Waals surface area contributed by atoms with Crippen molar-refractivity contribution >= 4 is 11.7 Å². The van der Waals surface area contributed by atoms with Crippen LogP contribution in [0.5, 0.6) is 0 Å². The third-order valence-corrected chi connectivity index (χ3v) is 4.01. The number of carbonyl (C=O) groups is 1. The standard InChI is InChI=1S/C15H27N5O/c1-5-7-16-10-13-12(2)17-19(4)15(13)20-9-6-8-18(3)14(21)11-20/h16H,5-11H2,1-4H3. The normalized spacial score (nSPS) is 16.5. The SMILES string of the molecule is CCCNCc1c(C)nn(C)c1N1CCCN(C)C(=O)C1. The van der Waals surface area contributed by atoms with Crippen LogP contribution < -0.4 is 10.2 Å². The minimum absolute atomic E-state index is 0.179. The van der Waals surface area contributed by atoms with Crippen LogP contribution in [0, 0.1) is 6.92 Å². The van der Waals surface area contributed by atoms with Gasteiger partial charge in [-0.25, -0.2) is 0 Å². The van der Waals surface area contributed by atoms with Crippen molar-refractivity contribution < 1.29 is 4.79 Å². The Morgan fingerprint density at radius 3 is 2.76 bits per heavy atom. The van der Waals surface area contributed by atoms with Crippen molar-refractivity contribution in [2.45, 2.75) is 33.2 Å². The molecule has 21 heavy (non-hydrogen) atoms. The van der Waals surface area contributed by atoms with E-state index >= 15 is 0 Å². The van der Waals surface area contributed by atoms with Gasteiger partial charge >= 0.3 is 0 Å². The minimum atomic E-state index is 0.179. The van der Waals surface area contributed by atoms with Crippen molar-refractivity contribution in [1.29, 1.82) is 0 Å². The quantitative estimate of drug-likeness (QED) is 0.820. The summed E-state index contributed by atoms with van der Waals surface area (Å²) in [4.78, 5) is 16.1. The van der Waals surface area contributed by atoms with Crippen LogP contribution in [0.2, 0.25) is 0 Å². The zero-order valence-corrected chi connectivity index (χ0v) is 13.6. The van der Waals surface area contributed by atoms with Crippen LogP contribution in [0.25, 0.3) is 0 Å². The molecule has 0 bridgehead atoms. The highest BCUT2D eigenvalue weighted by molar-refractivity contribution is 5.81. The van der Waals surface area contributed by atoms with E-state index in [1.54, 1.807) is 0 Å². The van der Waals surface area contributed by atoms with Gasteiger partial charge in [-0.1, -0.05) is 6.92 Å². The van der Waals surface area contributed by atoms with E-state index in [-0.39, 0.29) is 5.91 Å². The number of rotatable bonds is 5. The minimum Gasteiger partial charge on any atom is -0.347 e. The molecule has 1 aromatic rings. The zero-order chi connectivity index (χ0) is 15.4. The van der Waals surface area contributed by atoms with Gasteiger partial charge in [-0.15, -0.1) is 0 Å². The number of aryl methyl sites for hydroxylation is 2. The van der Waals surface area contributed by atoms with Crippen LogP contribution in [0.1, 0.15) is 31.0 Å². The van der Waals surface area contributed by atoms with Gasteiger partial charge in [0.05, 0.1) is 12.2 Å². The average molecular weight is 293 g/mol. The third kappa shape index (κ3) is 3.56. The lowest BCUT2D eigenvalue weighted by atomic mass is 10.2. The highest BCUT2D eigenvalue weighted by Crippen LogP contribution is 2.24. The zero-order valence-electron chi connectivity index (χ0n) is 13.6. The first-order valence-corrected chi connectivity index (χ1v) is 7.76. The summed E-state index contributed by atoms with van der Waals surface area (Å²) in [7, 11) is 3.84. The smallest absolute Gasteiger partial charge is 0.241 e. The summed E-state index contributed by atoms with van der Waals surface area (Å²) in [6.45, 7) is 8.17. The van der Waals surface area contributed by atoms with Crippen molar-refractivity contribution in [3.8, 4) is 0 Å². The van der Waals surface area contributed by atoms with Crippen LogP contribution in [0.15, 0.2) is 0 Å². The van der Waals surface area contributed by atoms with Crippen molar-refractivity contribution in [2.75, 3.05) is 38.1 Å². The number of hydrogen-bond acceptors (Lipinski definition) is 4. The predicted octanol–water partition coefficient (Wildman–Crippen LogP) is 0.897. The highest BCUT2D eigenvalue weighted by atomic mass is 16.2. The first-order chi connectivity index (χ1) is 10.0. The molecule has 0 atom stereocenters. The summed E-state index contributed by atoms with van der Waals surface area (Å²) in [6.07, 6.45) is 2.11. The predicted molar refractivity (Wildman–Crippen MR) is 84.4 cm³/mol. The van der Waals surface area contributed by atoms with E-state index in [4.69, 9.17) is 0 Å². The van der Waals surface area contributed by atoms with E-state index in [2.05, 4.69) is 22.2 Å². The summed E-state index contributed by atoms with van der Waals surface area (Å²) in [5, 5.41) is 7.99. The molecule has 1 N–H and O–H groups in total. The van der Waals surface area contributed by atoms with Gasteiger partial charge in [0.2, 0.25) is 5.91 Å². The Hall–Kier alpha value is -1.56. The Balaban J connectivity index is 2.23. The molecule has 1 saturated heterocycles. The van der Waals surface area contributed by atoms with Gasteiger partial charge < -0.3 is 15.1 Å². The van der Waals surface area contributed by atoms with E-state index < -0.39 is 0 Å². The number of anilines is 1. The Labute approximate surface area is 127 Å². The van der Waals surface area contributed by atoms with Gasteiger partial charge in [0.15, 0.2) is 0 Å². The van der Waals surface area contributed by atoms with E-state index in [1.165, 1.54) is 5.56 Å². The molecule has 2 rings (SSSR count). The monoisotopic (exact) mass is 293 g/mol. The molecule has 118 valence electrons. The Bertz CT molecular complexity index is 496. The van der Waals surface area contributed by atoms with Crippen LogP contribution in [0.3, 0.4) is 0 Å².